The van der Waals surface area contributed by atoms with Crippen LogP contribution in [0, 0.1) is 5.92 Å². The molecule has 0 bridgehead atoms. The number of likely N-dealkylation sites (N-methyl/N-ethyl adjacent to an activating group) is 1. The van der Waals surface area contributed by atoms with Crippen LogP contribution >= 0.6 is 0 Å². The van der Waals surface area contributed by atoms with E-state index in [1.54, 1.807) is 14.2 Å². The third-order valence-electron chi connectivity index (χ3n) is 4.34. The highest BCUT2D eigenvalue weighted by atomic mass is 16.5. The fraction of sp³-hybridized carbons (Fsp3) is 0.647. The van der Waals surface area contributed by atoms with Gasteiger partial charge in [0.2, 0.25) is 0 Å². The van der Waals surface area contributed by atoms with E-state index in [0.29, 0.717) is 6.61 Å². The Labute approximate surface area is 127 Å². The second-order valence-electron chi connectivity index (χ2n) is 5.61. The third-order valence-corrected chi connectivity index (χ3v) is 4.34. The van der Waals surface area contributed by atoms with Crippen LogP contribution in [0.4, 0.5) is 0 Å². The Morgan fingerprint density at radius 1 is 1.24 bits per heavy atom. The van der Waals surface area contributed by atoms with E-state index in [2.05, 4.69) is 5.32 Å². The number of hydrogen-bond donors (Lipinski definition) is 1. The summed E-state index contributed by atoms with van der Waals surface area (Å²) < 4.78 is 16.6. The minimum Gasteiger partial charge on any atom is -0.497 e. The van der Waals surface area contributed by atoms with Crippen LogP contribution in [-0.4, -0.2) is 34.5 Å². The molecule has 21 heavy (non-hydrogen) atoms. The van der Waals surface area contributed by atoms with E-state index in [4.69, 9.17) is 14.2 Å². The van der Waals surface area contributed by atoms with Crippen molar-refractivity contribution >= 4 is 0 Å². The van der Waals surface area contributed by atoms with Gasteiger partial charge in [0.05, 0.1) is 26.9 Å². The fourth-order valence-electron chi connectivity index (χ4n) is 2.67. The van der Waals surface area contributed by atoms with E-state index in [1.807, 2.05) is 25.2 Å². The summed E-state index contributed by atoms with van der Waals surface area (Å²) in [6.45, 7) is 1.51. The molecule has 4 heteroatoms. The Kier molecular flexibility index (Phi) is 6.33. The maximum atomic E-state index is 5.85. The third kappa shape index (κ3) is 4.35. The molecule has 1 saturated carbocycles. The maximum Gasteiger partial charge on any atom is 0.127 e. The molecule has 1 fully saturated rings. The van der Waals surface area contributed by atoms with Crippen molar-refractivity contribution in [3.63, 3.8) is 0 Å². The van der Waals surface area contributed by atoms with Gasteiger partial charge in [0.15, 0.2) is 0 Å². The van der Waals surface area contributed by atoms with Crippen LogP contribution < -0.4 is 14.8 Å². The highest BCUT2D eigenvalue weighted by Gasteiger charge is 2.18. The molecular weight excluding hydrogens is 266 g/mol. The standard InChI is InChI=1S/C17H27NO3/c1-18-16(12-21-10-9-13-5-4-6-13)15-8-7-14(19-2)11-17(15)20-3/h7-8,11,13,16,18H,4-6,9-10,12H2,1-3H3. The minimum atomic E-state index is 0.132. The Morgan fingerprint density at radius 3 is 2.62 bits per heavy atom. The quantitative estimate of drug-likeness (QED) is 0.710. The largest absolute Gasteiger partial charge is 0.497 e. The molecule has 1 unspecified atom stereocenters. The van der Waals surface area contributed by atoms with Crippen molar-refractivity contribution in [2.75, 3.05) is 34.5 Å². The SMILES string of the molecule is CNC(COCCC1CCC1)c1ccc(OC)cc1OC. The Morgan fingerprint density at radius 2 is 2.05 bits per heavy atom. The first-order valence-corrected chi connectivity index (χ1v) is 7.75. The number of ether oxygens (including phenoxy) is 3. The van der Waals surface area contributed by atoms with Gasteiger partial charge in [-0.05, 0) is 31.5 Å². The molecule has 4 nitrogen and oxygen atoms in total. The van der Waals surface area contributed by atoms with Gasteiger partial charge in [-0.15, -0.1) is 0 Å². The molecule has 0 saturated heterocycles. The number of methoxy groups -OCH3 is 2. The average Bonchev–Trinajstić information content (AvgIpc) is 2.48. The normalized spacial score (nSPS) is 16.3. The molecule has 0 radical (unpaired) electrons. The molecule has 0 heterocycles. The Hall–Kier alpha value is -1.26. The molecule has 1 aromatic rings. The van der Waals surface area contributed by atoms with Gasteiger partial charge in [-0.1, -0.05) is 19.3 Å². The van der Waals surface area contributed by atoms with Crippen molar-refractivity contribution in [2.24, 2.45) is 5.92 Å². The van der Waals surface area contributed by atoms with Crippen LogP contribution in [0.15, 0.2) is 18.2 Å². The molecule has 0 amide bonds. The zero-order chi connectivity index (χ0) is 15.1. The molecule has 1 aliphatic carbocycles. The van der Waals surface area contributed by atoms with Crippen molar-refractivity contribution in [3.05, 3.63) is 23.8 Å². The second kappa shape index (κ2) is 8.25. The number of rotatable bonds is 9. The molecule has 1 aromatic carbocycles. The fourth-order valence-corrected chi connectivity index (χ4v) is 2.67. The smallest absolute Gasteiger partial charge is 0.127 e. The van der Waals surface area contributed by atoms with Crippen molar-refractivity contribution in [1.29, 1.82) is 0 Å². The van der Waals surface area contributed by atoms with Gasteiger partial charge >= 0.3 is 0 Å². The summed E-state index contributed by atoms with van der Waals surface area (Å²) in [7, 11) is 5.29. The molecule has 118 valence electrons. The van der Waals surface area contributed by atoms with E-state index < -0.39 is 0 Å². The van der Waals surface area contributed by atoms with Crippen molar-refractivity contribution in [3.8, 4) is 11.5 Å². The number of benzene rings is 1. The Bertz CT molecular complexity index is 432. The van der Waals surface area contributed by atoms with Crippen LogP contribution in [0.5, 0.6) is 11.5 Å². The van der Waals surface area contributed by atoms with Gasteiger partial charge < -0.3 is 19.5 Å². The highest BCUT2D eigenvalue weighted by molar-refractivity contribution is 5.42. The van der Waals surface area contributed by atoms with Crippen LogP contribution in [0.25, 0.3) is 0 Å². The molecule has 0 spiro atoms. The first kappa shape index (κ1) is 16.1. The molecule has 0 aliphatic heterocycles. The first-order valence-electron chi connectivity index (χ1n) is 7.75. The lowest BCUT2D eigenvalue weighted by atomic mass is 9.83. The minimum absolute atomic E-state index is 0.132. The zero-order valence-corrected chi connectivity index (χ0v) is 13.4. The summed E-state index contributed by atoms with van der Waals surface area (Å²) in [4.78, 5) is 0. The van der Waals surface area contributed by atoms with Gasteiger partial charge in [-0.25, -0.2) is 0 Å². The molecule has 1 N–H and O–H groups in total. The van der Waals surface area contributed by atoms with Gasteiger partial charge in [-0.3, -0.25) is 0 Å². The summed E-state index contributed by atoms with van der Waals surface area (Å²) in [5.74, 6) is 2.53. The van der Waals surface area contributed by atoms with Gasteiger partial charge in [0.25, 0.3) is 0 Å². The van der Waals surface area contributed by atoms with E-state index in [0.717, 1.165) is 29.6 Å². The van der Waals surface area contributed by atoms with Gasteiger partial charge in [0.1, 0.15) is 11.5 Å². The topological polar surface area (TPSA) is 39.7 Å². The molecule has 2 rings (SSSR count). The van der Waals surface area contributed by atoms with Gasteiger partial charge in [-0.2, -0.15) is 0 Å². The zero-order valence-electron chi connectivity index (χ0n) is 13.4. The van der Waals surface area contributed by atoms with E-state index in [9.17, 15) is 0 Å². The lowest BCUT2D eigenvalue weighted by Gasteiger charge is -2.25. The van der Waals surface area contributed by atoms with E-state index in [1.165, 1.54) is 25.7 Å². The van der Waals surface area contributed by atoms with Crippen LogP contribution in [0.1, 0.15) is 37.3 Å². The number of hydrogen-bond acceptors (Lipinski definition) is 4. The molecule has 1 atom stereocenters. The molecule has 0 aromatic heterocycles. The summed E-state index contributed by atoms with van der Waals surface area (Å²) in [5, 5.41) is 3.30. The summed E-state index contributed by atoms with van der Waals surface area (Å²) in [6.07, 6.45) is 5.35. The van der Waals surface area contributed by atoms with Crippen molar-refractivity contribution in [2.45, 2.75) is 31.7 Å². The molecule has 1 aliphatic rings. The van der Waals surface area contributed by atoms with Crippen molar-refractivity contribution < 1.29 is 14.2 Å². The van der Waals surface area contributed by atoms with E-state index in [-0.39, 0.29) is 6.04 Å². The summed E-state index contributed by atoms with van der Waals surface area (Å²) >= 11 is 0. The second-order valence-corrected chi connectivity index (χ2v) is 5.61. The Balaban J connectivity index is 1.89. The van der Waals surface area contributed by atoms with Crippen LogP contribution in [0.3, 0.4) is 0 Å². The maximum absolute atomic E-state index is 5.85. The van der Waals surface area contributed by atoms with Crippen LogP contribution in [-0.2, 0) is 4.74 Å². The lowest BCUT2D eigenvalue weighted by molar-refractivity contribution is 0.0898. The monoisotopic (exact) mass is 293 g/mol. The summed E-state index contributed by atoms with van der Waals surface area (Å²) in [5.41, 5.74) is 1.10. The van der Waals surface area contributed by atoms with Crippen molar-refractivity contribution in [1.82, 2.24) is 5.32 Å². The average molecular weight is 293 g/mol. The number of nitrogens with one attached hydrogen (secondary N) is 1. The van der Waals surface area contributed by atoms with Crippen LogP contribution in [0.2, 0.25) is 0 Å². The lowest BCUT2D eigenvalue weighted by Crippen LogP contribution is -2.23. The first-order chi connectivity index (χ1) is 10.3. The highest BCUT2D eigenvalue weighted by Crippen LogP contribution is 2.31. The predicted octanol–water partition coefficient (Wildman–Crippen LogP) is 3.17. The predicted molar refractivity (Wildman–Crippen MR) is 84.1 cm³/mol. The van der Waals surface area contributed by atoms with E-state index >= 15 is 0 Å². The summed E-state index contributed by atoms with van der Waals surface area (Å²) in [6, 6.07) is 6.03. The molecular formula is C17H27NO3. The van der Waals surface area contributed by atoms with Gasteiger partial charge in [0, 0.05) is 18.2 Å².